The molecule has 78 valence electrons. The summed E-state index contributed by atoms with van der Waals surface area (Å²) in [5.74, 6) is 0. The molecule has 0 aliphatic carbocycles. The van der Waals surface area contributed by atoms with Crippen molar-refractivity contribution in [1.29, 1.82) is 0 Å². The van der Waals surface area contributed by atoms with Crippen molar-refractivity contribution in [3.8, 4) is 0 Å². The fourth-order valence-corrected chi connectivity index (χ4v) is 0.927. The number of hydrogen-bond donors (Lipinski definition) is 2. The highest BCUT2D eigenvalue weighted by molar-refractivity contribution is 5.14. The van der Waals surface area contributed by atoms with Gasteiger partial charge in [0, 0.05) is 0 Å². The van der Waals surface area contributed by atoms with Crippen LogP contribution in [0.2, 0.25) is 0 Å². The Morgan fingerprint density at radius 3 is 2.57 bits per heavy atom. The highest BCUT2D eigenvalue weighted by atomic mass is 19.4. The van der Waals surface area contributed by atoms with E-state index in [0.29, 0.717) is 0 Å². The maximum Gasteiger partial charge on any atom is 0.409 e. The Labute approximate surface area is 78.4 Å². The van der Waals surface area contributed by atoms with Crippen LogP contribution in [0.1, 0.15) is 17.4 Å². The van der Waals surface area contributed by atoms with Gasteiger partial charge in [0.15, 0.2) is 0 Å². The molecule has 0 aliphatic heterocycles. The van der Waals surface area contributed by atoms with E-state index in [1.165, 1.54) is 18.2 Å². The van der Waals surface area contributed by atoms with Gasteiger partial charge in [-0.25, -0.2) is 0 Å². The molecular weight excluding hydrogens is 197 g/mol. The van der Waals surface area contributed by atoms with Crippen molar-refractivity contribution in [1.82, 2.24) is 4.98 Å². The number of aliphatic hydroxyl groups is 1. The minimum absolute atomic E-state index is 0.169. The van der Waals surface area contributed by atoms with Gasteiger partial charge in [0.2, 0.25) is 0 Å². The van der Waals surface area contributed by atoms with Gasteiger partial charge in [-0.3, -0.25) is 4.98 Å². The van der Waals surface area contributed by atoms with Crippen LogP contribution in [0.4, 0.5) is 13.2 Å². The van der Waals surface area contributed by atoms with E-state index in [-0.39, 0.29) is 11.4 Å². The molecule has 1 aromatic heterocycles. The van der Waals surface area contributed by atoms with Gasteiger partial charge in [0.05, 0.1) is 18.0 Å². The molecule has 0 fully saturated rings. The number of nitrogens with two attached hydrogens (primary N) is 1. The lowest BCUT2D eigenvalue weighted by atomic mass is 10.2. The van der Waals surface area contributed by atoms with Crippen LogP contribution in [-0.4, -0.2) is 16.3 Å². The van der Waals surface area contributed by atoms with Gasteiger partial charge < -0.3 is 10.8 Å². The minimum atomic E-state index is -4.51. The number of alkyl halides is 3. The summed E-state index contributed by atoms with van der Waals surface area (Å²) in [6.07, 6.45) is -4.51. The lowest BCUT2D eigenvalue weighted by molar-refractivity contribution is -0.150. The van der Waals surface area contributed by atoms with Crippen molar-refractivity contribution in [3.63, 3.8) is 0 Å². The predicted octanol–water partition coefficient (Wildman–Crippen LogP) is 1.14. The van der Waals surface area contributed by atoms with E-state index in [1.807, 2.05) is 0 Å². The first-order valence-corrected chi connectivity index (χ1v) is 3.84. The Hall–Kier alpha value is -1.14. The Morgan fingerprint density at radius 2 is 2.07 bits per heavy atom. The Bertz CT molecular complexity index is 314. The van der Waals surface area contributed by atoms with Gasteiger partial charge >= 0.3 is 6.18 Å². The second kappa shape index (κ2) is 3.93. The monoisotopic (exact) mass is 206 g/mol. The van der Waals surface area contributed by atoms with Gasteiger partial charge in [-0.15, -0.1) is 0 Å². The summed E-state index contributed by atoms with van der Waals surface area (Å²) >= 11 is 0. The van der Waals surface area contributed by atoms with Crippen LogP contribution in [0, 0.1) is 0 Å². The molecule has 1 heterocycles. The Morgan fingerprint density at radius 1 is 1.43 bits per heavy atom. The summed E-state index contributed by atoms with van der Waals surface area (Å²) in [6.45, 7) is -0.404. The average molecular weight is 206 g/mol. The molecule has 1 rings (SSSR count). The summed E-state index contributed by atoms with van der Waals surface area (Å²) < 4.78 is 36.4. The molecule has 3 nitrogen and oxygen atoms in total. The van der Waals surface area contributed by atoms with Gasteiger partial charge in [-0.05, 0) is 12.1 Å². The third kappa shape index (κ3) is 2.43. The molecule has 0 saturated carbocycles. The number of hydrogen-bond acceptors (Lipinski definition) is 3. The van der Waals surface area contributed by atoms with Gasteiger partial charge in [0.1, 0.15) is 6.04 Å². The second-order valence-electron chi connectivity index (χ2n) is 2.73. The number of halogens is 3. The summed E-state index contributed by atoms with van der Waals surface area (Å²) in [5, 5.41) is 8.66. The van der Waals surface area contributed by atoms with Gasteiger partial charge in [-0.1, -0.05) is 6.07 Å². The fraction of sp³-hybridized carbons (Fsp3) is 0.375. The van der Waals surface area contributed by atoms with Crippen molar-refractivity contribution >= 4 is 0 Å². The number of aromatic nitrogens is 1. The van der Waals surface area contributed by atoms with Crippen LogP contribution in [-0.2, 0) is 6.61 Å². The number of pyridine rings is 1. The molecule has 0 saturated heterocycles. The average Bonchev–Trinajstić information content (AvgIpc) is 2.15. The van der Waals surface area contributed by atoms with E-state index in [1.54, 1.807) is 0 Å². The number of rotatable bonds is 2. The summed E-state index contributed by atoms with van der Waals surface area (Å²) in [5.41, 5.74) is 4.81. The maximum atomic E-state index is 12.1. The summed E-state index contributed by atoms with van der Waals surface area (Å²) in [6, 6.07) is 1.87. The molecule has 6 heteroatoms. The lowest BCUT2D eigenvalue weighted by Crippen LogP contribution is -2.29. The molecule has 0 amide bonds. The van der Waals surface area contributed by atoms with E-state index in [9.17, 15) is 13.2 Å². The van der Waals surface area contributed by atoms with E-state index in [2.05, 4.69) is 4.98 Å². The molecule has 14 heavy (non-hydrogen) atoms. The van der Waals surface area contributed by atoms with E-state index >= 15 is 0 Å². The van der Waals surface area contributed by atoms with Crippen LogP contribution in [0.15, 0.2) is 18.2 Å². The van der Waals surface area contributed by atoms with Crippen LogP contribution >= 0.6 is 0 Å². The van der Waals surface area contributed by atoms with E-state index in [0.717, 1.165) is 0 Å². The van der Waals surface area contributed by atoms with Crippen LogP contribution in [0.25, 0.3) is 0 Å². The molecule has 0 aliphatic rings. The molecule has 1 aromatic rings. The van der Waals surface area contributed by atoms with Crippen molar-refractivity contribution in [2.45, 2.75) is 18.8 Å². The third-order valence-corrected chi connectivity index (χ3v) is 1.66. The quantitative estimate of drug-likeness (QED) is 0.762. The van der Waals surface area contributed by atoms with Crippen LogP contribution < -0.4 is 5.73 Å². The molecular formula is C8H9F3N2O. The molecule has 1 atom stereocenters. The van der Waals surface area contributed by atoms with Crippen molar-refractivity contribution < 1.29 is 18.3 Å². The van der Waals surface area contributed by atoms with Crippen molar-refractivity contribution in [3.05, 3.63) is 29.6 Å². The summed E-state index contributed by atoms with van der Waals surface area (Å²) in [7, 11) is 0. The molecule has 0 radical (unpaired) electrons. The highest BCUT2D eigenvalue weighted by Crippen LogP contribution is 2.29. The molecule has 0 spiro atoms. The SMILES string of the molecule is NC(c1cccc(CO)n1)C(F)(F)F. The zero-order chi connectivity index (χ0) is 10.8. The smallest absolute Gasteiger partial charge is 0.390 e. The third-order valence-electron chi connectivity index (χ3n) is 1.66. The van der Waals surface area contributed by atoms with E-state index < -0.39 is 18.8 Å². The van der Waals surface area contributed by atoms with Crippen molar-refractivity contribution in [2.24, 2.45) is 5.73 Å². The fourth-order valence-electron chi connectivity index (χ4n) is 0.927. The number of nitrogens with zero attached hydrogens (tertiary/aromatic N) is 1. The molecule has 0 bridgehead atoms. The Kier molecular flexibility index (Phi) is 3.07. The van der Waals surface area contributed by atoms with Crippen LogP contribution in [0.5, 0.6) is 0 Å². The summed E-state index contributed by atoms with van der Waals surface area (Å²) in [4.78, 5) is 3.56. The van der Waals surface area contributed by atoms with Crippen LogP contribution in [0.3, 0.4) is 0 Å². The molecule has 1 unspecified atom stereocenters. The first-order chi connectivity index (χ1) is 6.45. The first kappa shape index (κ1) is 10.9. The minimum Gasteiger partial charge on any atom is -0.390 e. The van der Waals surface area contributed by atoms with E-state index in [4.69, 9.17) is 10.8 Å². The molecule has 0 aromatic carbocycles. The largest absolute Gasteiger partial charge is 0.409 e. The molecule has 3 N–H and O–H groups in total. The Balaban J connectivity index is 2.95. The number of aliphatic hydroxyl groups excluding tert-OH is 1. The second-order valence-corrected chi connectivity index (χ2v) is 2.73. The topological polar surface area (TPSA) is 59.1 Å². The van der Waals surface area contributed by atoms with Gasteiger partial charge in [0.25, 0.3) is 0 Å². The van der Waals surface area contributed by atoms with Gasteiger partial charge in [-0.2, -0.15) is 13.2 Å². The standard InChI is InChI=1S/C8H9F3N2O/c9-8(10,11)7(12)6-3-1-2-5(4-14)13-6/h1-3,7,14H,4,12H2. The zero-order valence-electron chi connectivity index (χ0n) is 7.12. The van der Waals surface area contributed by atoms with Crippen molar-refractivity contribution in [2.75, 3.05) is 0 Å². The zero-order valence-corrected chi connectivity index (χ0v) is 7.12. The first-order valence-electron chi connectivity index (χ1n) is 3.84. The lowest BCUT2D eigenvalue weighted by Gasteiger charge is -2.15. The predicted molar refractivity (Wildman–Crippen MR) is 43.1 cm³/mol. The normalized spacial score (nSPS) is 14.1. The highest BCUT2D eigenvalue weighted by Gasteiger charge is 2.38. The maximum absolute atomic E-state index is 12.1.